The Labute approximate surface area is 174 Å². The molecule has 1 unspecified atom stereocenters. The second-order valence-corrected chi connectivity index (χ2v) is 7.63. The summed E-state index contributed by atoms with van der Waals surface area (Å²) in [6.07, 6.45) is 1.24. The van der Waals surface area contributed by atoms with Crippen LogP contribution in [0.5, 0.6) is 5.75 Å². The van der Waals surface area contributed by atoms with Gasteiger partial charge in [-0.1, -0.05) is 48.5 Å². The van der Waals surface area contributed by atoms with Gasteiger partial charge in [-0.05, 0) is 30.4 Å². The summed E-state index contributed by atoms with van der Waals surface area (Å²) < 4.78 is 14.0. The van der Waals surface area contributed by atoms with Crippen LogP contribution >= 0.6 is 0 Å². The Kier molecular flexibility index (Phi) is 5.40. The molecule has 154 valence electrons. The average Bonchev–Trinajstić information content (AvgIpc) is 3.24. The van der Waals surface area contributed by atoms with Gasteiger partial charge in [-0.2, -0.15) is 0 Å². The average molecular weight is 406 g/mol. The first kappa shape index (κ1) is 19.9. The number of phenols is 1. The third-order valence-electron chi connectivity index (χ3n) is 5.67. The highest BCUT2D eigenvalue weighted by Crippen LogP contribution is 2.31. The molecule has 3 aromatic carbocycles. The van der Waals surface area contributed by atoms with Crippen LogP contribution in [0.3, 0.4) is 0 Å². The number of amides is 2. The fourth-order valence-electron chi connectivity index (χ4n) is 4.06. The summed E-state index contributed by atoms with van der Waals surface area (Å²) in [7, 11) is 1.61. The molecule has 0 radical (unpaired) electrons. The van der Waals surface area contributed by atoms with Gasteiger partial charge in [0.2, 0.25) is 5.91 Å². The van der Waals surface area contributed by atoms with Gasteiger partial charge in [-0.25, -0.2) is 4.39 Å². The molecule has 4 rings (SSSR count). The summed E-state index contributed by atoms with van der Waals surface area (Å²) in [6, 6.07) is 16.4. The summed E-state index contributed by atoms with van der Waals surface area (Å²) in [4.78, 5) is 29.2. The molecular formula is C24H23FN2O3. The number of likely N-dealkylation sites (tertiary alicyclic amines) is 1. The van der Waals surface area contributed by atoms with E-state index in [4.69, 9.17) is 0 Å². The minimum Gasteiger partial charge on any atom is -0.506 e. The van der Waals surface area contributed by atoms with Crippen LogP contribution in [0.15, 0.2) is 60.7 Å². The molecule has 1 aliphatic rings. The third kappa shape index (κ3) is 3.61. The van der Waals surface area contributed by atoms with E-state index in [2.05, 4.69) is 0 Å². The van der Waals surface area contributed by atoms with E-state index < -0.39 is 6.04 Å². The van der Waals surface area contributed by atoms with E-state index >= 15 is 0 Å². The molecule has 3 aromatic rings. The van der Waals surface area contributed by atoms with E-state index in [1.807, 2.05) is 12.1 Å². The lowest BCUT2D eigenvalue weighted by atomic mass is 10.0. The highest BCUT2D eigenvalue weighted by Gasteiger charge is 2.37. The summed E-state index contributed by atoms with van der Waals surface area (Å²) >= 11 is 0. The van der Waals surface area contributed by atoms with E-state index in [9.17, 15) is 19.1 Å². The molecule has 6 heteroatoms. The molecule has 0 aromatic heterocycles. The maximum absolute atomic E-state index is 14.0. The number of hydrogen-bond acceptors (Lipinski definition) is 3. The van der Waals surface area contributed by atoms with E-state index in [0.717, 1.165) is 5.39 Å². The normalized spacial score (nSPS) is 16.1. The molecule has 0 bridgehead atoms. The number of halogens is 1. The monoisotopic (exact) mass is 406 g/mol. The lowest BCUT2D eigenvalue weighted by molar-refractivity contribution is -0.134. The van der Waals surface area contributed by atoms with Crippen molar-refractivity contribution in [2.45, 2.75) is 25.4 Å². The van der Waals surface area contributed by atoms with Crippen LogP contribution in [0.25, 0.3) is 10.8 Å². The Bertz CT molecular complexity index is 1110. The fraction of sp³-hybridized carbons (Fsp3) is 0.250. The number of rotatable bonds is 4. The Hall–Kier alpha value is -3.41. The second-order valence-electron chi connectivity index (χ2n) is 7.63. The zero-order valence-electron chi connectivity index (χ0n) is 16.7. The van der Waals surface area contributed by atoms with Crippen LogP contribution in [0.1, 0.15) is 28.8 Å². The number of fused-ring (bicyclic) bond motifs is 1. The van der Waals surface area contributed by atoms with Gasteiger partial charge in [0.1, 0.15) is 17.6 Å². The van der Waals surface area contributed by atoms with Crippen molar-refractivity contribution in [1.82, 2.24) is 9.80 Å². The van der Waals surface area contributed by atoms with Crippen LogP contribution in [0.4, 0.5) is 4.39 Å². The topological polar surface area (TPSA) is 60.9 Å². The van der Waals surface area contributed by atoms with Crippen LogP contribution in [0.2, 0.25) is 0 Å². The lowest BCUT2D eigenvalue weighted by Gasteiger charge is -2.28. The van der Waals surface area contributed by atoms with Gasteiger partial charge in [-0.3, -0.25) is 9.59 Å². The maximum Gasteiger partial charge on any atom is 0.258 e. The lowest BCUT2D eigenvalue weighted by Crippen LogP contribution is -2.46. The number of carbonyl (C=O) groups excluding carboxylic acids is 2. The number of aromatic hydroxyl groups is 1. The first-order valence-electron chi connectivity index (χ1n) is 9.97. The Balaban J connectivity index is 1.56. The molecular weight excluding hydrogens is 383 g/mol. The smallest absolute Gasteiger partial charge is 0.258 e. The number of likely N-dealkylation sites (N-methyl/N-ethyl adjacent to an activating group) is 1. The van der Waals surface area contributed by atoms with Crippen LogP contribution in [0, 0.1) is 5.82 Å². The largest absolute Gasteiger partial charge is 0.506 e. The first-order valence-corrected chi connectivity index (χ1v) is 9.97. The number of carbonyl (C=O) groups is 2. The molecule has 0 saturated carbocycles. The number of nitrogens with zero attached hydrogens (tertiary/aromatic N) is 2. The van der Waals surface area contributed by atoms with E-state index in [0.29, 0.717) is 30.3 Å². The minimum atomic E-state index is -0.625. The standard InChI is InChI=1S/C24H23FN2O3/c1-26(15-17-8-3-5-10-20(17)25)24(30)21-11-6-14-27(21)23(29)19-13-12-16-7-2-4-9-18(16)22(19)28/h2-5,7-10,12-13,21,28H,6,11,14-15H2,1H3. The Morgan fingerprint density at radius 1 is 1.10 bits per heavy atom. The predicted octanol–water partition coefficient (Wildman–Crippen LogP) is 3.95. The predicted molar refractivity (Wildman–Crippen MR) is 113 cm³/mol. The SMILES string of the molecule is CN(Cc1ccccc1F)C(=O)C1CCCN1C(=O)c1ccc2ccccc2c1O. The Morgan fingerprint density at radius 3 is 2.63 bits per heavy atom. The Morgan fingerprint density at radius 2 is 1.83 bits per heavy atom. The fourth-order valence-corrected chi connectivity index (χ4v) is 4.06. The zero-order chi connectivity index (χ0) is 21.3. The quantitative estimate of drug-likeness (QED) is 0.714. The van der Waals surface area contributed by atoms with Crippen molar-refractivity contribution in [3.05, 3.63) is 77.6 Å². The first-order chi connectivity index (χ1) is 14.5. The molecule has 1 saturated heterocycles. The highest BCUT2D eigenvalue weighted by atomic mass is 19.1. The van der Waals surface area contributed by atoms with Crippen molar-refractivity contribution < 1.29 is 19.1 Å². The summed E-state index contributed by atoms with van der Waals surface area (Å²) in [5, 5.41) is 12.1. The van der Waals surface area contributed by atoms with Gasteiger partial charge < -0.3 is 14.9 Å². The molecule has 2 amide bonds. The molecule has 0 spiro atoms. The maximum atomic E-state index is 14.0. The third-order valence-corrected chi connectivity index (χ3v) is 5.67. The molecule has 1 aliphatic heterocycles. The highest BCUT2D eigenvalue weighted by molar-refractivity contribution is 6.05. The number of benzene rings is 3. The number of hydrogen-bond donors (Lipinski definition) is 1. The summed E-state index contributed by atoms with van der Waals surface area (Å²) in [5.74, 6) is -1.04. The number of phenolic OH excluding ortho intramolecular Hbond substituents is 1. The van der Waals surface area contributed by atoms with Crippen molar-refractivity contribution in [2.75, 3.05) is 13.6 Å². The van der Waals surface area contributed by atoms with Gasteiger partial charge in [0.15, 0.2) is 0 Å². The zero-order valence-corrected chi connectivity index (χ0v) is 16.7. The van der Waals surface area contributed by atoms with Gasteiger partial charge in [0, 0.05) is 31.1 Å². The van der Waals surface area contributed by atoms with E-state index in [-0.39, 0.29) is 35.5 Å². The minimum absolute atomic E-state index is 0.0732. The summed E-state index contributed by atoms with van der Waals surface area (Å²) in [6.45, 7) is 0.570. The molecule has 1 atom stereocenters. The van der Waals surface area contributed by atoms with Crippen molar-refractivity contribution in [3.8, 4) is 5.75 Å². The van der Waals surface area contributed by atoms with Crippen LogP contribution in [-0.2, 0) is 11.3 Å². The molecule has 0 aliphatic carbocycles. The molecule has 5 nitrogen and oxygen atoms in total. The molecule has 30 heavy (non-hydrogen) atoms. The van der Waals surface area contributed by atoms with Gasteiger partial charge >= 0.3 is 0 Å². The van der Waals surface area contributed by atoms with Gasteiger partial charge in [-0.15, -0.1) is 0 Å². The van der Waals surface area contributed by atoms with Crippen LogP contribution < -0.4 is 0 Å². The molecule has 1 N–H and O–H groups in total. The van der Waals surface area contributed by atoms with Gasteiger partial charge in [0.25, 0.3) is 5.91 Å². The van der Waals surface area contributed by atoms with E-state index in [1.165, 1.54) is 15.9 Å². The molecule has 1 fully saturated rings. The second kappa shape index (κ2) is 8.14. The van der Waals surface area contributed by atoms with Crippen molar-refractivity contribution in [2.24, 2.45) is 0 Å². The summed E-state index contributed by atoms with van der Waals surface area (Å²) in [5.41, 5.74) is 0.613. The van der Waals surface area contributed by atoms with Crippen molar-refractivity contribution >= 4 is 22.6 Å². The van der Waals surface area contributed by atoms with Gasteiger partial charge in [0.05, 0.1) is 5.56 Å². The van der Waals surface area contributed by atoms with Crippen molar-refractivity contribution in [1.29, 1.82) is 0 Å². The van der Waals surface area contributed by atoms with E-state index in [1.54, 1.807) is 49.5 Å². The van der Waals surface area contributed by atoms with Crippen molar-refractivity contribution in [3.63, 3.8) is 0 Å². The van der Waals surface area contributed by atoms with Crippen LogP contribution in [-0.4, -0.2) is 46.4 Å². The molecule has 1 heterocycles.